The third-order valence-electron chi connectivity index (χ3n) is 3.81. The highest BCUT2D eigenvalue weighted by molar-refractivity contribution is 7.94. The van der Waals surface area contributed by atoms with E-state index in [2.05, 4.69) is 5.32 Å². The molecular formula is C17H14N2O6S. The van der Waals surface area contributed by atoms with Crippen LogP contribution in [0.25, 0.3) is 0 Å². The van der Waals surface area contributed by atoms with Crippen molar-refractivity contribution >= 4 is 39.2 Å². The fourth-order valence-electron chi connectivity index (χ4n) is 2.55. The van der Waals surface area contributed by atoms with Crippen molar-refractivity contribution in [2.45, 2.75) is 6.42 Å². The highest BCUT2D eigenvalue weighted by Gasteiger charge is 2.36. The number of amides is 2. The van der Waals surface area contributed by atoms with Crippen molar-refractivity contribution in [1.82, 2.24) is 0 Å². The molecule has 134 valence electrons. The Morgan fingerprint density at radius 3 is 2.31 bits per heavy atom. The Labute approximate surface area is 149 Å². The number of nitrogens with zero attached hydrogens (tertiary/aromatic N) is 1. The van der Waals surface area contributed by atoms with E-state index in [1.54, 1.807) is 6.07 Å². The van der Waals surface area contributed by atoms with Crippen LogP contribution >= 0.6 is 0 Å². The monoisotopic (exact) mass is 374 g/mol. The maximum absolute atomic E-state index is 12.3. The number of carboxylic acids is 1. The van der Waals surface area contributed by atoms with Crippen LogP contribution in [0.15, 0.2) is 48.5 Å². The highest BCUT2D eigenvalue weighted by Crippen LogP contribution is 2.25. The lowest BCUT2D eigenvalue weighted by atomic mass is 10.1. The minimum Gasteiger partial charge on any atom is -0.478 e. The Morgan fingerprint density at radius 1 is 1.04 bits per heavy atom. The van der Waals surface area contributed by atoms with Crippen molar-refractivity contribution in [3.8, 4) is 0 Å². The molecule has 1 aliphatic rings. The van der Waals surface area contributed by atoms with Crippen molar-refractivity contribution in [3.63, 3.8) is 0 Å². The van der Waals surface area contributed by atoms with Crippen molar-refractivity contribution < 1.29 is 27.9 Å². The molecule has 0 aromatic heterocycles. The number of nitrogens with one attached hydrogen (secondary N) is 1. The predicted molar refractivity (Wildman–Crippen MR) is 93.7 cm³/mol. The summed E-state index contributed by atoms with van der Waals surface area (Å²) in [5.74, 6) is -2.34. The van der Waals surface area contributed by atoms with Crippen molar-refractivity contribution in [3.05, 3.63) is 59.7 Å². The molecule has 0 bridgehead atoms. The number of carbonyl (C=O) groups excluding carboxylic acids is 2. The Kier molecular flexibility index (Phi) is 4.47. The lowest BCUT2D eigenvalue weighted by Gasteiger charge is -2.15. The van der Waals surface area contributed by atoms with Gasteiger partial charge in [0.2, 0.25) is 15.9 Å². The van der Waals surface area contributed by atoms with Crippen LogP contribution in [0.3, 0.4) is 0 Å². The minimum absolute atomic E-state index is 0.0379. The predicted octanol–water partition coefficient (Wildman–Crippen LogP) is 1.70. The van der Waals surface area contributed by atoms with Gasteiger partial charge in [0.15, 0.2) is 0 Å². The SMILES string of the molecule is O=C(O)c1cccc(NC(=O)c2ccc(N3C(=O)CCS3(=O)=O)cc2)c1. The largest absolute Gasteiger partial charge is 0.478 e. The first-order valence-electron chi connectivity index (χ1n) is 7.58. The number of hydrogen-bond acceptors (Lipinski definition) is 5. The summed E-state index contributed by atoms with van der Waals surface area (Å²) in [5, 5.41) is 11.5. The van der Waals surface area contributed by atoms with Gasteiger partial charge in [-0.15, -0.1) is 0 Å². The number of benzene rings is 2. The summed E-state index contributed by atoms with van der Waals surface area (Å²) < 4.78 is 24.5. The zero-order valence-corrected chi connectivity index (χ0v) is 14.2. The van der Waals surface area contributed by atoms with E-state index in [1.165, 1.54) is 42.5 Å². The van der Waals surface area contributed by atoms with E-state index in [4.69, 9.17) is 5.11 Å². The maximum Gasteiger partial charge on any atom is 0.335 e. The van der Waals surface area contributed by atoms with Gasteiger partial charge in [-0.3, -0.25) is 9.59 Å². The molecule has 0 radical (unpaired) electrons. The first-order valence-corrected chi connectivity index (χ1v) is 9.19. The van der Waals surface area contributed by atoms with Gasteiger partial charge >= 0.3 is 5.97 Å². The Morgan fingerprint density at radius 2 is 1.73 bits per heavy atom. The molecule has 2 aromatic rings. The molecule has 1 saturated heterocycles. The zero-order valence-electron chi connectivity index (χ0n) is 13.4. The molecule has 9 heteroatoms. The van der Waals surface area contributed by atoms with Gasteiger partial charge in [-0.25, -0.2) is 17.5 Å². The molecule has 1 aliphatic heterocycles. The van der Waals surface area contributed by atoms with E-state index in [0.717, 1.165) is 4.31 Å². The molecule has 8 nitrogen and oxygen atoms in total. The Hall–Kier alpha value is -3.20. The summed E-state index contributed by atoms with van der Waals surface area (Å²) in [6, 6.07) is 11.3. The summed E-state index contributed by atoms with van der Waals surface area (Å²) >= 11 is 0. The van der Waals surface area contributed by atoms with Crippen LogP contribution in [0.2, 0.25) is 0 Å². The molecular weight excluding hydrogens is 360 g/mol. The number of hydrogen-bond donors (Lipinski definition) is 2. The molecule has 2 amide bonds. The van der Waals surface area contributed by atoms with Crippen LogP contribution in [0.4, 0.5) is 11.4 Å². The van der Waals surface area contributed by atoms with E-state index < -0.39 is 27.8 Å². The third-order valence-corrected chi connectivity index (χ3v) is 5.50. The van der Waals surface area contributed by atoms with E-state index in [-0.39, 0.29) is 29.0 Å². The van der Waals surface area contributed by atoms with Gasteiger partial charge in [0, 0.05) is 17.7 Å². The molecule has 1 heterocycles. The second-order valence-corrected chi connectivity index (χ2v) is 7.55. The molecule has 0 aliphatic carbocycles. The fraction of sp³-hybridized carbons (Fsp3) is 0.118. The zero-order chi connectivity index (χ0) is 18.9. The van der Waals surface area contributed by atoms with Crippen LogP contribution in [0.1, 0.15) is 27.1 Å². The van der Waals surface area contributed by atoms with Gasteiger partial charge in [-0.1, -0.05) is 6.07 Å². The molecule has 0 unspecified atom stereocenters. The molecule has 3 rings (SSSR count). The van der Waals surface area contributed by atoms with Crippen LogP contribution in [0.5, 0.6) is 0 Å². The van der Waals surface area contributed by atoms with E-state index in [1.807, 2.05) is 0 Å². The number of aromatic carboxylic acids is 1. The van der Waals surface area contributed by atoms with Gasteiger partial charge in [0.1, 0.15) is 0 Å². The quantitative estimate of drug-likeness (QED) is 0.840. The van der Waals surface area contributed by atoms with Crippen LogP contribution < -0.4 is 9.62 Å². The number of anilines is 2. The molecule has 0 saturated carbocycles. The Balaban J connectivity index is 1.78. The maximum atomic E-state index is 12.3. The average molecular weight is 374 g/mol. The van der Waals surface area contributed by atoms with Crippen LogP contribution in [0, 0.1) is 0 Å². The minimum atomic E-state index is -3.66. The number of sulfonamides is 1. The van der Waals surface area contributed by atoms with Crippen molar-refractivity contribution in [2.75, 3.05) is 15.4 Å². The van der Waals surface area contributed by atoms with Crippen LogP contribution in [-0.4, -0.2) is 37.1 Å². The fourth-order valence-corrected chi connectivity index (χ4v) is 4.01. The highest BCUT2D eigenvalue weighted by atomic mass is 32.2. The topological polar surface area (TPSA) is 121 Å². The lowest BCUT2D eigenvalue weighted by Crippen LogP contribution is -2.29. The molecule has 2 N–H and O–H groups in total. The second kappa shape index (κ2) is 6.60. The molecule has 0 atom stereocenters. The standard InChI is InChI=1S/C17H14N2O6S/c20-15-8-9-26(24,25)19(15)14-6-4-11(5-7-14)16(21)18-13-3-1-2-12(10-13)17(22)23/h1-7,10H,8-9H2,(H,18,21)(H,22,23). The van der Waals surface area contributed by atoms with Crippen LogP contribution in [-0.2, 0) is 14.8 Å². The average Bonchev–Trinajstić information content (AvgIpc) is 2.88. The summed E-state index contributed by atoms with van der Waals surface area (Å²) in [6.07, 6.45) is -0.0650. The lowest BCUT2D eigenvalue weighted by molar-refractivity contribution is -0.116. The molecule has 1 fully saturated rings. The smallest absolute Gasteiger partial charge is 0.335 e. The van der Waals surface area contributed by atoms with E-state index in [9.17, 15) is 22.8 Å². The van der Waals surface area contributed by atoms with Gasteiger partial charge in [-0.05, 0) is 42.5 Å². The third kappa shape index (κ3) is 3.42. The number of rotatable bonds is 4. The van der Waals surface area contributed by atoms with E-state index in [0.29, 0.717) is 5.69 Å². The van der Waals surface area contributed by atoms with Gasteiger partial charge < -0.3 is 10.4 Å². The summed E-state index contributed by atoms with van der Waals surface area (Å²) in [4.78, 5) is 35.0. The van der Waals surface area contributed by atoms with Gasteiger partial charge in [0.25, 0.3) is 5.91 Å². The molecule has 0 spiro atoms. The number of carboxylic acid groups (broad SMARTS) is 1. The molecule has 2 aromatic carbocycles. The van der Waals surface area contributed by atoms with Gasteiger partial charge in [0.05, 0.1) is 17.0 Å². The second-order valence-electron chi connectivity index (χ2n) is 5.61. The number of carbonyl (C=O) groups is 3. The summed E-state index contributed by atoms with van der Waals surface area (Å²) in [7, 11) is -3.66. The first-order chi connectivity index (χ1) is 12.3. The first kappa shape index (κ1) is 17.6. The summed E-state index contributed by atoms with van der Waals surface area (Å²) in [6.45, 7) is 0. The van der Waals surface area contributed by atoms with Crippen molar-refractivity contribution in [1.29, 1.82) is 0 Å². The summed E-state index contributed by atoms with van der Waals surface area (Å²) in [5.41, 5.74) is 0.766. The Bertz CT molecular complexity index is 998. The van der Waals surface area contributed by atoms with Gasteiger partial charge in [-0.2, -0.15) is 0 Å². The normalized spacial score (nSPS) is 15.7. The molecule has 26 heavy (non-hydrogen) atoms. The van der Waals surface area contributed by atoms with E-state index >= 15 is 0 Å². The van der Waals surface area contributed by atoms with Crippen molar-refractivity contribution in [2.24, 2.45) is 0 Å².